The fourth-order valence-corrected chi connectivity index (χ4v) is 1.26. The molecule has 0 spiro atoms. The lowest BCUT2D eigenvalue weighted by Crippen LogP contribution is -2.29. The van der Waals surface area contributed by atoms with E-state index in [0.29, 0.717) is 0 Å². The van der Waals surface area contributed by atoms with Crippen LogP contribution in [0.4, 0.5) is 0 Å². The molecule has 0 saturated carbocycles. The third-order valence-electron chi connectivity index (χ3n) is 2.21. The van der Waals surface area contributed by atoms with E-state index in [-0.39, 0.29) is 11.7 Å². The standard InChI is InChI=1S/C10H16BN3O/c1-4-5-14(3)10(15)9-12-6-8(11-2)7-13-9/h6-7,11H,4-5H2,1-3H3. The summed E-state index contributed by atoms with van der Waals surface area (Å²) in [6, 6.07) is 0. The van der Waals surface area contributed by atoms with Crippen LogP contribution in [0.5, 0.6) is 0 Å². The predicted molar refractivity (Wildman–Crippen MR) is 61.9 cm³/mol. The summed E-state index contributed by atoms with van der Waals surface area (Å²) in [7, 11) is 2.65. The fourth-order valence-electron chi connectivity index (χ4n) is 1.26. The molecule has 0 atom stereocenters. The number of hydrogen-bond donors (Lipinski definition) is 0. The predicted octanol–water partition coefficient (Wildman–Crippen LogP) is 0.0685. The first kappa shape index (κ1) is 11.7. The van der Waals surface area contributed by atoms with Crippen LogP contribution >= 0.6 is 0 Å². The van der Waals surface area contributed by atoms with Crippen LogP contribution in [0.1, 0.15) is 24.0 Å². The Morgan fingerprint density at radius 3 is 2.53 bits per heavy atom. The molecule has 80 valence electrons. The summed E-state index contributed by atoms with van der Waals surface area (Å²) in [5, 5.41) is 0. The largest absolute Gasteiger partial charge is 0.339 e. The molecule has 0 aromatic carbocycles. The topological polar surface area (TPSA) is 46.1 Å². The quantitative estimate of drug-likeness (QED) is 0.653. The van der Waals surface area contributed by atoms with Gasteiger partial charge in [-0.05, 0) is 11.9 Å². The molecule has 0 saturated heterocycles. The molecule has 4 nitrogen and oxygen atoms in total. The normalized spacial score (nSPS) is 9.80. The lowest BCUT2D eigenvalue weighted by Gasteiger charge is -2.14. The van der Waals surface area contributed by atoms with Gasteiger partial charge in [0.1, 0.15) is 0 Å². The number of rotatable bonds is 4. The van der Waals surface area contributed by atoms with Crippen molar-refractivity contribution in [2.24, 2.45) is 0 Å². The van der Waals surface area contributed by atoms with Gasteiger partial charge in [0.25, 0.3) is 5.91 Å². The fraction of sp³-hybridized carbons (Fsp3) is 0.500. The zero-order chi connectivity index (χ0) is 11.3. The van der Waals surface area contributed by atoms with Gasteiger partial charge >= 0.3 is 0 Å². The number of carbonyl (C=O) groups excluding carboxylic acids is 1. The third-order valence-corrected chi connectivity index (χ3v) is 2.21. The molecule has 0 unspecified atom stereocenters. The molecule has 0 aliphatic rings. The summed E-state index contributed by atoms with van der Waals surface area (Å²) >= 11 is 0. The second-order valence-corrected chi connectivity index (χ2v) is 3.50. The van der Waals surface area contributed by atoms with E-state index in [1.807, 2.05) is 13.7 Å². The minimum absolute atomic E-state index is 0.112. The highest BCUT2D eigenvalue weighted by molar-refractivity contribution is 6.51. The Kier molecular flexibility index (Phi) is 4.27. The van der Waals surface area contributed by atoms with Gasteiger partial charge in [0.05, 0.1) is 0 Å². The van der Waals surface area contributed by atoms with Crippen LogP contribution in [0.25, 0.3) is 0 Å². The van der Waals surface area contributed by atoms with Crippen LogP contribution in [-0.4, -0.2) is 41.6 Å². The van der Waals surface area contributed by atoms with Crippen LogP contribution in [-0.2, 0) is 0 Å². The van der Waals surface area contributed by atoms with E-state index in [2.05, 4.69) is 9.97 Å². The summed E-state index contributed by atoms with van der Waals surface area (Å²) in [4.78, 5) is 21.5. The van der Waals surface area contributed by atoms with Gasteiger partial charge in [-0.1, -0.05) is 13.7 Å². The maximum atomic E-state index is 11.7. The second kappa shape index (κ2) is 5.48. The number of amides is 1. The van der Waals surface area contributed by atoms with Gasteiger partial charge in [-0.2, -0.15) is 0 Å². The van der Waals surface area contributed by atoms with Crippen LogP contribution < -0.4 is 5.46 Å². The molecule has 0 N–H and O–H groups in total. The molecule has 0 fully saturated rings. The van der Waals surface area contributed by atoms with Crippen molar-refractivity contribution in [3.63, 3.8) is 0 Å². The lowest BCUT2D eigenvalue weighted by atomic mass is 9.75. The zero-order valence-electron chi connectivity index (χ0n) is 9.53. The van der Waals surface area contributed by atoms with Crippen LogP contribution in [0.3, 0.4) is 0 Å². The molecular weight excluding hydrogens is 189 g/mol. The monoisotopic (exact) mass is 205 g/mol. The maximum absolute atomic E-state index is 11.7. The Hall–Kier alpha value is -1.39. The van der Waals surface area contributed by atoms with Gasteiger partial charge in [-0.15, -0.1) is 0 Å². The highest BCUT2D eigenvalue weighted by atomic mass is 16.2. The van der Waals surface area contributed by atoms with Crippen molar-refractivity contribution in [3.8, 4) is 0 Å². The van der Waals surface area contributed by atoms with Gasteiger partial charge in [-0.3, -0.25) is 4.79 Å². The number of carbonyl (C=O) groups is 1. The highest BCUT2D eigenvalue weighted by Crippen LogP contribution is 1.95. The maximum Gasteiger partial charge on any atom is 0.291 e. The Morgan fingerprint density at radius 1 is 1.47 bits per heavy atom. The average molecular weight is 205 g/mol. The minimum Gasteiger partial charge on any atom is -0.339 e. The first-order chi connectivity index (χ1) is 7.19. The van der Waals surface area contributed by atoms with E-state index >= 15 is 0 Å². The summed E-state index contributed by atoms with van der Waals surface area (Å²) < 4.78 is 0. The molecule has 15 heavy (non-hydrogen) atoms. The lowest BCUT2D eigenvalue weighted by molar-refractivity contribution is 0.0783. The number of nitrogens with zero attached hydrogens (tertiary/aromatic N) is 3. The molecule has 1 amide bonds. The zero-order valence-corrected chi connectivity index (χ0v) is 9.53. The molecule has 0 aliphatic carbocycles. The van der Waals surface area contributed by atoms with Crippen molar-refractivity contribution in [1.29, 1.82) is 0 Å². The Balaban J connectivity index is 2.73. The summed E-state index contributed by atoms with van der Waals surface area (Å²) in [5.41, 5.74) is 1.05. The summed E-state index contributed by atoms with van der Waals surface area (Å²) in [6.45, 7) is 4.80. The number of hydrogen-bond acceptors (Lipinski definition) is 3. The molecule has 5 heteroatoms. The van der Waals surface area contributed by atoms with Crippen molar-refractivity contribution >= 4 is 18.6 Å². The van der Waals surface area contributed by atoms with E-state index in [0.717, 1.165) is 25.7 Å². The second-order valence-electron chi connectivity index (χ2n) is 3.50. The van der Waals surface area contributed by atoms with Gasteiger partial charge < -0.3 is 4.90 Å². The van der Waals surface area contributed by atoms with Gasteiger partial charge in [0, 0.05) is 26.0 Å². The first-order valence-corrected chi connectivity index (χ1v) is 5.25. The minimum atomic E-state index is -0.112. The first-order valence-electron chi connectivity index (χ1n) is 5.25. The van der Waals surface area contributed by atoms with Crippen molar-refractivity contribution in [2.45, 2.75) is 20.2 Å². The summed E-state index contributed by atoms with van der Waals surface area (Å²) in [5.74, 6) is 0.169. The number of aromatic nitrogens is 2. The molecule has 1 aromatic heterocycles. The highest BCUT2D eigenvalue weighted by Gasteiger charge is 2.13. The van der Waals surface area contributed by atoms with E-state index in [1.165, 1.54) is 0 Å². The third kappa shape index (κ3) is 3.04. The van der Waals surface area contributed by atoms with Gasteiger partial charge in [0.15, 0.2) is 7.28 Å². The Morgan fingerprint density at radius 2 is 2.07 bits per heavy atom. The van der Waals surface area contributed by atoms with Gasteiger partial charge in [0.2, 0.25) is 5.82 Å². The molecule has 1 rings (SSSR count). The van der Waals surface area contributed by atoms with Crippen molar-refractivity contribution in [3.05, 3.63) is 18.2 Å². The van der Waals surface area contributed by atoms with Crippen molar-refractivity contribution in [2.75, 3.05) is 13.6 Å². The summed E-state index contributed by atoms with van der Waals surface area (Å²) in [6.07, 6.45) is 4.36. The van der Waals surface area contributed by atoms with Gasteiger partial charge in [-0.25, -0.2) is 9.97 Å². The van der Waals surface area contributed by atoms with Crippen LogP contribution in [0.15, 0.2) is 12.4 Å². The van der Waals surface area contributed by atoms with E-state index in [9.17, 15) is 4.79 Å². The molecule has 0 radical (unpaired) electrons. The average Bonchev–Trinajstić information content (AvgIpc) is 2.28. The molecular formula is C10H16BN3O. The Labute approximate surface area is 91.0 Å². The van der Waals surface area contributed by atoms with Crippen molar-refractivity contribution < 1.29 is 4.79 Å². The van der Waals surface area contributed by atoms with E-state index in [4.69, 9.17) is 0 Å². The van der Waals surface area contributed by atoms with E-state index in [1.54, 1.807) is 24.3 Å². The smallest absolute Gasteiger partial charge is 0.291 e. The van der Waals surface area contributed by atoms with Crippen molar-refractivity contribution in [1.82, 2.24) is 14.9 Å². The SMILES string of the molecule is CBc1cnc(C(=O)N(C)CCC)nc1. The van der Waals surface area contributed by atoms with Crippen LogP contribution in [0.2, 0.25) is 6.82 Å². The molecule has 1 aromatic rings. The molecule has 0 bridgehead atoms. The molecule has 0 aliphatic heterocycles. The van der Waals surface area contributed by atoms with Crippen LogP contribution in [0, 0.1) is 0 Å². The molecule has 1 heterocycles. The van der Waals surface area contributed by atoms with E-state index < -0.39 is 0 Å². The Bertz CT molecular complexity index is 326.